The number of hydrogen-bond donors (Lipinski definition) is 0. The number of allylic oxidation sites excluding steroid dienone is 2. The van der Waals surface area contributed by atoms with Crippen molar-refractivity contribution in [2.24, 2.45) is 4.99 Å². The maximum Gasteiger partial charge on any atom is 0.0223 e. The molecule has 0 unspecified atom stereocenters. The lowest BCUT2D eigenvalue weighted by atomic mass is 10.0. The quantitative estimate of drug-likeness (QED) is 0.392. The van der Waals surface area contributed by atoms with Crippen molar-refractivity contribution >= 4 is 6.21 Å². The maximum atomic E-state index is 4.03. The van der Waals surface area contributed by atoms with Crippen LogP contribution in [0.2, 0.25) is 0 Å². The van der Waals surface area contributed by atoms with Gasteiger partial charge < -0.3 is 4.90 Å². The first-order valence-electron chi connectivity index (χ1n) is 5.82. The fourth-order valence-corrected chi connectivity index (χ4v) is 1.72. The van der Waals surface area contributed by atoms with Gasteiger partial charge in [0.05, 0.1) is 0 Å². The molecular weight excluding hydrogens is 184 g/mol. The van der Waals surface area contributed by atoms with Gasteiger partial charge in [0.1, 0.15) is 0 Å². The number of likely N-dealkylation sites (tertiary alicyclic amines) is 1. The van der Waals surface area contributed by atoms with Crippen molar-refractivity contribution in [3.8, 4) is 0 Å². The standard InChI is InChI=1S/C13H22N2/c1-3-14-10-6-4-5-7-13-8-11-15(2)12-9-13/h3,6-7,10H,4-5,8-9,11-12H2,1-2H3/b10-6-,14-3?. The van der Waals surface area contributed by atoms with E-state index in [1.54, 1.807) is 5.57 Å². The van der Waals surface area contributed by atoms with Crippen molar-refractivity contribution in [1.29, 1.82) is 0 Å². The van der Waals surface area contributed by atoms with Gasteiger partial charge in [0.2, 0.25) is 0 Å². The molecule has 1 aliphatic rings. The van der Waals surface area contributed by atoms with Gasteiger partial charge in [0, 0.05) is 25.5 Å². The number of rotatable bonds is 4. The molecular formula is C13H22N2. The lowest BCUT2D eigenvalue weighted by Crippen LogP contribution is -2.26. The molecule has 2 heteroatoms. The SMILES string of the molecule is CC=N/C=C\CCC=C1CCN(C)CC1. The number of piperidine rings is 1. The molecule has 0 aromatic heterocycles. The zero-order chi connectivity index (χ0) is 10.9. The van der Waals surface area contributed by atoms with Crippen LogP contribution < -0.4 is 0 Å². The fourth-order valence-electron chi connectivity index (χ4n) is 1.72. The van der Waals surface area contributed by atoms with Crippen LogP contribution in [0.15, 0.2) is 28.9 Å². The Hall–Kier alpha value is -0.890. The molecule has 0 aliphatic carbocycles. The Bertz CT molecular complexity index is 241. The number of nitrogens with zero attached hydrogens (tertiary/aromatic N) is 2. The lowest BCUT2D eigenvalue weighted by molar-refractivity contribution is 0.312. The van der Waals surface area contributed by atoms with Gasteiger partial charge in [0.15, 0.2) is 0 Å². The minimum atomic E-state index is 1.11. The topological polar surface area (TPSA) is 15.6 Å². The molecule has 0 aromatic carbocycles. The van der Waals surface area contributed by atoms with Gasteiger partial charge in [-0.25, -0.2) is 0 Å². The first kappa shape index (κ1) is 12.2. The fraction of sp³-hybridized carbons (Fsp3) is 0.615. The summed E-state index contributed by atoms with van der Waals surface area (Å²) in [6.07, 6.45) is 13.0. The Balaban J connectivity index is 2.15. The summed E-state index contributed by atoms with van der Waals surface area (Å²) in [5.41, 5.74) is 1.64. The highest BCUT2D eigenvalue weighted by atomic mass is 15.1. The van der Waals surface area contributed by atoms with Crippen LogP contribution in [-0.2, 0) is 0 Å². The summed E-state index contributed by atoms with van der Waals surface area (Å²) in [5, 5.41) is 0. The molecule has 1 heterocycles. The van der Waals surface area contributed by atoms with Crippen LogP contribution in [0, 0.1) is 0 Å². The Labute approximate surface area is 93.4 Å². The summed E-state index contributed by atoms with van der Waals surface area (Å²) in [6, 6.07) is 0. The second kappa shape index (κ2) is 7.41. The van der Waals surface area contributed by atoms with E-state index in [1.165, 1.54) is 25.9 Å². The second-order valence-electron chi connectivity index (χ2n) is 4.04. The molecule has 1 fully saturated rings. The summed E-state index contributed by atoms with van der Waals surface area (Å²) in [5.74, 6) is 0. The lowest BCUT2D eigenvalue weighted by Gasteiger charge is -2.23. The van der Waals surface area contributed by atoms with Crippen LogP contribution in [-0.4, -0.2) is 31.3 Å². The molecule has 1 saturated heterocycles. The normalized spacial score (nSPS) is 19.2. The molecule has 1 rings (SSSR count). The van der Waals surface area contributed by atoms with Gasteiger partial charge >= 0.3 is 0 Å². The van der Waals surface area contributed by atoms with Gasteiger partial charge in [-0.15, -0.1) is 0 Å². The molecule has 15 heavy (non-hydrogen) atoms. The molecule has 0 spiro atoms. The van der Waals surface area contributed by atoms with Crippen molar-refractivity contribution < 1.29 is 0 Å². The molecule has 2 nitrogen and oxygen atoms in total. The largest absolute Gasteiger partial charge is 0.306 e. The molecule has 0 radical (unpaired) electrons. The first-order chi connectivity index (χ1) is 7.33. The van der Waals surface area contributed by atoms with Crippen LogP contribution in [0.4, 0.5) is 0 Å². The number of unbranched alkanes of at least 4 members (excludes halogenated alkanes) is 1. The molecule has 0 saturated carbocycles. The third kappa shape index (κ3) is 5.53. The highest BCUT2D eigenvalue weighted by Gasteiger charge is 2.08. The van der Waals surface area contributed by atoms with E-state index in [0.717, 1.165) is 12.8 Å². The van der Waals surface area contributed by atoms with Crippen LogP contribution >= 0.6 is 0 Å². The molecule has 0 atom stereocenters. The molecule has 1 aliphatic heterocycles. The molecule has 84 valence electrons. The van der Waals surface area contributed by atoms with E-state index in [0.29, 0.717) is 0 Å². The number of hydrogen-bond acceptors (Lipinski definition) is 2. The highest BCUT2D eigenvalue weighted by Crippen LogP contribution is 2.15. The van der Waals surface area contributed by atoms with Crippen molar-refractivity contribution in [2.75, 3.05) is 20.1 Å². The summed E-state index contributed by atoms with van der Waals surface area (Å²) in [6.45, 7) is 4.38. The predicted molar refractivity (Wildman–Crippen MR) is 67.4 cm³/mol. The van der Waals surface area contributed by atoms with Crippen molar-refractivity contribution in [2.45, 2.75) is 32.6 Å². The van der Waals surface area contributed by atoms with Gasteiger partial charge in [-0.05, 0) is 39.7 Å². The van der Waals surface area contributed by atoms with Crippen molar-refractivity contribution in [3.05, 3.63) is 23.9 Å². The zero-order valence-corrected chi connectivity index (χ0v) is 9.95. The minimum Gasteiger partial charge on any atom is -0.306 e. The third-order valence-electron chi connectivity index (χ3n) is 2.74. The van der Waals surface area contributed by atoms with Gasteiger partial charge in [-0.1, -0.05) is 17.7 Å². The van der Waals surface area contributed by atoms with Gasteiger partial charge in [-0.3, -0.25) is 4.99 Å². The summed E-state index contributed by atoms with van der Waals surface area (Å²) < 4.78 is 0. The third-order valence-corrected chi connectivity index (χ3v) is 2.74. The maximum absolute atomic E-state index is 4.03. The van der Waals surface area contributed by atoms with Gasteiger partial charge in [-0.2, -0.15) is 0 Å². The van der Waals surface area contributed by atoms with E-state index in [-0.39, 0.29) is 0 Å². The highest BCUT2D eigenvalue weighted by molar-refractivity contribution is 5.54. The monoisotopic (exact) mass is 206 g/mol. The van der Waals surface area contributed by atoms with Crippen LogP contribution in [0.25, 0.3) is 0 Å². The Morgan fingerprint density at radius 3 is 2.67 bits per heavy atom. The van der Waals surface area contributed by atoms with Crippen molar-refractivity contribution in [3.63, 3.8) is 0 Å². The smallest absolute Gasteiger partial charge is 0.0223 e. The Kier molecular flexibility index (Phi) is 6.02. The predicted octanol–water partition coefficient (Wildman–Crippen LogP) is 3.02. The van der Waals surface area contributed by atoms with E-state index >= 15 is 0 Å². The van der Waals surface area contributed by atoms with Crippen LogP contribution in [0.5, 0.6) is 0 Å². The molecule has 0 amide bonds. The Morgan fingerprint density at radius 2 is 2.00 bits per heavy atom. The average Bonchev–Trinajstić information content (AvgIpc) is 2.26. The summed E-state index contributed by atoms with van der Waals surface area (Å²) >= 11 is 0. The summed E-state index contributed by atoms with van der Waals surface area (Å²) in [4.78, 5) is 6.43. The molecule has 0 aromatic rings. The Morgan fingerprint density at radius 1 is 1.27 bits per heavy atom. The first-order valence-corrected chi connectivity index (χ1v) is 5.82. The van der Waals surface area contributed by atoms with E-state index < -0.39 is 0 Å². The van der Waals surface area contributed by atoms with Crippen LogP contribution in [0.1, 0.15) is 32.6 Å². The van der Waals surface area contributed by atoms with Gasteiger partial charge in [0.25, 0.3) is 0 Å². The molecule has 0 bridgehead atoms. The number of aliphatic imine (C=N–C) groups is 1. The van der Waals surface area contributed by atoms with E-state index in [2.05, 4.69) is 29.1 Å². The molecule has 0 N–H and O–H groups in total. The van der Waals surface area contributed by atoms with E-state index in [1.807, 2.05) is 19.3 Å². The van der Waals surface area contributed by atoms with E-state index in [4.69, 9.17) is 0 Å². The summed E-state index contributed by atoms with van der Waals surface area (Å²) in [7, 11) is 2.20. The average molecular weight is 206 g/mol. The van der Waals surface area contributed by atoms with Crippen molar-refractivity contribution in [1.82, 2.24) is 4.90 Å². The zero-order valence-electron chi connectivity index (χ0n) is 9.95. The van der Waals surface area contributed by atoms with Crippen LogP contribution in [0.3, 0.4) is 0 Å². The second-order valence-corrected chi connectivity index (χ2v) is 4.04. The van der Waals surface area contributed by atoms with E-state index in [9.17, 15) is 0 Å². The minimum absolute atomic E-state index is 1.11.